The molecule has 27 heavy (non-hydrogen) atoms. The van der Waals surface area contributed by atoms with Gasteiger partial charge in [0.25, 0.3) is 5.89 Å². The number of likely N-dealkylation sites (tertiary alicyclic amines) is 1. The van der Waals surface area contributed by atoms with Gasteiger partial charge in [0.15, 0.2) is 5.82 Å². The SMILES string of the molecule is O=C(NCc1noc(-c2cccc(F)c2)n1)[C@@H]1CCCN1C1CCOCC1. The van der Waals surface area contributed by atoms with Crippen molar-refractivity contribution >= 4 is 5.91 Å². The quantitative estimate of drug-likeness (QED) is 0.864. The van der Waals surface area contributed by atoms with Crippen LogP contribution in [-0.2, 0) is 16.1 Å². The summed E-state index contributed by atoms with van der Waals surface area (Å²) < 4.78 is 23.9. The average Bonchev–Trinajstić information content (AvgIpc) is 3.36. The number of ether oxygens (including phenoxy) is 1. The first-order valence-corrected chi connectivity index (χ1v) is 9.40. The highest BCUT2D eigenvalue weighted by atomic mass is 19.1. The van der Waals surface area contributed by atoms with Gasteiger partial charge in [-0.2, -0.15) is 4.98 Å². The summed E-state index contributed by atoms with van der Waals surface area (Å²) in [5, 5.41) is 6.79. The maximum Gasteiger partial charge on any atom is 0.258 e. The van der Waals surface area contributed by atoms with Crippen molar-refractivity contribution in [3.8, 4) is 11.5 Å². The molecule has 0 bridgehead atoms. The Bertz CT molecular complexity index is 791. The van der Waals surface area contributed by atoms with E-state index in [1.165, 1.54) is 12.1 Å². The molecule has 2 saturated heterocycles. The molecule has 1 amide bonds. The highest BCUT2D eigenvalue weighted by Crippen LogP contribution is 2.25. The lowest BCUT2D eigenvalue weighted by Gasteiger charge is -2.34. The van der Waals surface area contributed by atoms with Crippen LogP contribution in [0.1, 0.15) is 31.5 Å². The molecule has 144 valence electrons. The molecular formula is C19H23FN4O3. The second-order valence-electron chi connectivity index (χ2n) is 6.98. The molecule has 8 heteroatoms. The summed E-state index contributed by atoms with van der Waals surface area (Å²) in [4.78, 5) is 19.2. The zero-order valence-electron chi connectivity index (χ0n) is 15.1. The van der Waals surface area contributed by atoms with Gasteiger partial charge in [0.05, 0.1) is 12.6 Å². The second-order valence-corrected chi connectivity index (χ2v) is 6.98. The second kappa shape index (κ2) is 8.14. The summed E-state index contributed by atoms with van der Waals surface area (Å²) in [6, 6.07) is 6.28. The van der Waals surface area contributed by atoms with Gasteiger partial charge in [0.1, 0.15) is 5.82 Å². The van der Waals surface area contributed by atoms with Crippen LogP contribution in [-0.4, -0.2) is 52.8 Å². The average molecular weight is 374 g/mol. The van der Waals surface area contributed by atoms with E-state index in [0.717, 1.165) is 45.4 Å². The summed E-state index contributed by atoms with van der Waals surface area (Å²) >= 11 is 0. The normalized spacial score (nSPS) is 21.4. The molecule has 3 heterocycles. The lowest BCUT2D eigenvalue weighted by molar-refractivity contribution is -0.127. The molecular weight excluding hydrogens is 351 g/mol. The van der Waals surface area contributed by atoms with E-state index < -0.39 is 0 Å². The third-order valence-corrected chi connectivity index (χ3v) is 5.22. The van der Waals surface area contributed by atoms with E-state index in [4.69, 9.17) is 9.26 Å². The number of hydrogen-bond acceptors (Lipinski definition) is 6. The Morgan fingerprint density at radius 1 is 1.30 bits per heavy atom. The van der Waals surface area contributed by atoms with Gasteiger partial charge in [0.2, 0.25) is 5.91 Å². The van der Waals surface area contributed by atoms with Gasteiger partial charge in [-0.25, -0.2) is 4.39 Å². The van der Waals surface area contributed by atoms with Crippen LogP contribution in [0.4, 0.5) is 4.39 Å². The monoisotopic (exact) mass is 374 g/mol. The Morgan fingerprint density at radius 3 is 2.96 bits per heavy atom. The van der Waals surface area contributed by atoms with Crippen LogP contribution >= 0.6 is 0 Å². The van der Waals surface area contributed by atoms with E-state index in [1.54, 1.807) is 12.1 Å². The Kier molecular flexibility index (Phi) is 5.45. The summed E-state index contributed by atoms with van der Waals surface area (Å²) in [5.41, 5.74) is 0.515. The van der Waals surface area contributed by atoms with Crippen molar-refractivity contribution in [2.45, 2.75) is 44.3 Å². The summed E-state index contributed by atoms with van der Waals surface area (Å²) in [6.07, 6.45) is 3.85. The van der Waals surface area contributed by atoms with E-state index in [2.05, 4.69) is 20.4 Å². The van der Waals surface area contributed by atoms with Crippen LogP contribution in [0.25, 0.3) is 11.5 Å². The molecule has 1 aromatic heterocycles. The molecule has 2 aliphatic heterocycles. The number of amides is 1. The first kappa shape index (κ1) is 18.1. The molecule has 1 aromatic carbocycles. The van der Waals surface area contributed by atoms with Gasteiger partial charge >= 0.3 is 0 Å². The van der Waals surface area contributed by atoms with Gasteiger partial charge in [-0.05, 0) is 50.4 Å². The number of nitrogens with zero attached hydrogens (tertiary/aromatic N) is 3. The molecule has 0 aliphatic carbocycles. The molecule has 0 spiro atoms. The zero-order valence-corrected chi connectivity index (χ0v) is 15.1. The Balaban J connectivity index is 1.35. The maximum atomic E-state index is 13.3. The Labute approximate surface area is 156 Å². The van der Waals surface area contributed by atoms with Crippen LogP contribution in [0.2, 0.25) is 0 Å². The van der Waals surface area contributed by atoms with E-state index in [0.29, 0.717) is 17.4 Å². The molecule has 0 unspecified atom stereocenters. The first-order chi connectivity index (χ1) is 13.2. The van der Waals surface area contributed by atoms with E-state index in [-0.39, 0.29) is 30.2 Å². The molecule has 2 aromatic rings. The smallest absolute Gasteiger partial charge is 0.258 e. The van der Waals surface area contributed by atoms with Crippen molar-refractivity contribution < 1.29 is 18.4 Å². The fraction of sp³-hybridized carbons (Fsp3) is 0.526. The van der Waals surface area contributed by atoms with E-state index in [9.17, 15) is 9.18 Å². The molecule has 1 atom stereocenters. The van der Waals surface area contributed by atoms with Crippen molar-refractivity contribution in [3.63, 3.8) is 0 Å². The zero-order chi connectivity index (χ0) is 18.6. The summed E-state index contributed by atoms with van der Waals surface area (Å²) in [5.74, 6) is 0.243. The third kappa shape index (κ3) is 4.17. The minimum absolute atomic E-state index is 0.00361. The lowest BCUT2D eigenvalue weighted by Crippen LogP contribution is -2.49. The molecule has 0 saturated carbocycles. The predicted octanol–water partition coefficient (Wildman–Crippen LogP) is 2.14. The highest BCUT2D eigenvalue weighted by Gasteiger charge is 2.35. The third-order valence-electron chi connectivity index (χ3n) is 5.22. The number of aromatic nitrogens is 2. The van der Waals surface area contributed by atoms with Crippen LogP contribution in [0.3, 0.4) is 0 Å². The van der Waals surface area contributed by atoms with Crippen LogP contribution in [0.15, 0.2) is 28.8 Å². The van der Waals surface area contributed by atoms with Gasteiger partial charge in [-0.15, -0.1) is 0 Å². The standard InChI is InChI=1S/C19H23FN4O3/c20-14-4-1-3-13(11-14)19-22-17(23-27-19)12-21-18(25)16-5-2-8-24(16)15-6-9-26-10-7-15/h1,3-4,11,15-16H,2,5-10,12H2,(H,21,25)/t16-/m0/s1. The van der Waals surface area contributed by atoms with Gasteiger partial charge < -0.3 is 14.6 Å². The highest BCUT2D eigenvalue weighted by molar-refractivity contribution is 5.82. The van der Waals surface area contributed by atoms with Crippen LogP contribution in [0, 0.1) is 5.82 Å². The molecule has 7 nitrogen and oxygen atoms in total. The summed E-state index contributed by atoms with van der Waals surface area (Å²) in [6.45, 7) is 2.67. The minimum atomic E-state index is -0.366. The van der Waals surface area contributed by atoms with Crippen molar-refractivity contribution in [3.05, 3.63) is 35.9 Å². The fourth-order valence-electron chi connectivity index (χ4n) is 3.87. The molecule has 2 aliphatic rings. The number of hydrogen-bond donors (Lipinski definition) is 1. The van der Waals surface area contributed by atoms with Crippen molar-refractivity contribution in [2.75, 3.05) is 19.8 Å². The predicted molar refractivity (Wildman–Crippen MR) is 95.1 cm³/mol. The van der Waals surface area contributed by atoms with Crippen molar-refractivity contribution in [1.82, 2.24) is 20.4 Å². The number of nitrogens with one attached hydrogen (secondary N) is 1. The van der Waals surface area contributed by atoms with Crippen molar-refractivity contribution in [1.29, 1.82) is 0 Å². The molecule has 4 rings (SSSR count). The minimum Gasteiger partial charge on any atom is -0.381 e. The van der Waals surface area contributed by atoms with Gasteiger partial charge in [-0.1, -0.05) is 11.2 Å². The van der Waals surface area contributed by atoms with Gasteiger partial charge in [-0.3, -0.25) is 9.69 Å². The number of halogens is 1. The topological polar surface area (TPSA) is 80.5 Å². The van der Waals surface area contributed by atoms with Crippen molar-refractivity contribution in [2.24, 2.45) is 0 Å². The number of rotatable bonds is 5. The number of benzene rings is 1. The first-order valence-electron chi connectivity index (χ1n) is 9.40. The molecule has 0 radical (unpaired) electrons. The summed E-state index contributed by atoms with van der Waals surface area (Å²) in [7, 11) is 0. The molecule has 2 fully saturated rings. The van der Waals surface area contributed by atoms with Crippen LogP contribution < -0.4 is 5.32 Å². The lowest BCUT2D eigenvalue weighted by atomic mass is 10.1. The van der Waals surface area contributed by atoms with Gasteiger partial charge in [0, 0.05) is 24.8 Å². The Hall–Kier alpha value is -2.32. The van der Waals surface area contributed by atoms with E-state index in [1.807, 2.05) is 0 Å². The Morgan fingerprint density at radius 2 is 2.15 bits per heavy atom. The van der Waals surface area contributed by atoms with E-state index >= 15 is 0 Å². The number of carbonyl (C=O) groups excluding carboxylic acids is 1. The van der Waals surface area contributed by atoms with Crippen LogP contribution in [0.5, 0.6) is 0 Å². The maximum absolute atomic E-state index is 13.3. The fourth-order valence-corrected chi connectivity index (χ4v) is 3.87. The number of carbonyl (C=O) groups is 1. The molecule has 1 N–H and O–H groups in total. The largest absolute Gasteiger partial charge is 0.381 e.